The highest BCUT2D eigenvalue weighted by atomic mass is 16.3. The number of para-hydroxylation sites is 2. The van der Waals surface area contributed by atoms with Crippen LogP contribution in [0.5, 0.6) is 5.75 Å². The van der Waals surface area contributed by atoms with Gasteiger partial charge in [0, 0.05) is 52.5 Å². The zero-order valence-corrected chi connectivity index (χ0v) is 31.8. The fourth-order valence-corrected chi connectivity index (χ4v) is 7.03. The largest absolute Gasteiger partial charge is 0.507 e. The molecular formula is C48H44N4O2. The molecule has 8 rings (SSSR count). The van der Waals surface area contributed by atoms with Crippen LogP contribution >= 0.6 is 0 Å². The Kier molecular flexibility index (Phi) is 8.57. The molecule has 0 fully saturated rings. The van der Waals surface area contributed by atoms with Crippen molar-refractivity contribution in [2.24, 2.45) is 0 Å². The molecule has 8 aromatic rings. The molecule has 0 saturated carbocycles. The molecule has 0 saturated heterocycles. The minimum atomic E-state index is -0.170. The van der Waals surface area contributed by atoms with Gasteiger partial charge in [-0.25, -0.2) is 4.98 Å². The number of benzene rings is 5. The molecule has 0 aliphatic carbocycles. The second-order valence-corrected chi connectivity index (χ2v) is 16.1. The normalized spacial score (nSPS) is 12.1. The zero-order valence-electron chi connectivity index (χ0n) is 31.8. The van der Waals surface area contributed by atoms with Crippen molar-refractivity contribution in [2.45, 2.75) is 59.3 Å². The summed E-state index contributed by atoms with van der Waals surface area (Å²) >= 11 is 0. The number of hydrogen-bond donors (Lipinski definition) is 1. The number of phenols is 1. The van der Waals surface area contributed by atoms with Crippen LogP contribution in [-0.2, 0) is 10.8 Å². The van der Waals surface area contributed by atoms with Crippen LogP contribution in [0, 0.1) is 6.92 Å². The lowest BCUT2D eigenvalue weighted by Gasteiger charge is -2.26. The zero-order chi connectivity index (χ0) is 37.8. The fraction of sp³-hybridized carbons (Fsp3) is 0.188. The van der Waals surface area contributed by atoms with E-state index >= 15 is 0 Å². The Balaban J connectivity index is 1.43. The summed E-state index contributed by atoms with van der Waals surface area (Å²) in [6, 6.07) is 39.4. The second-order valence-electron chi connectivity index (χ2n) is 16.1. The number of phenolic OH excluding ortho intramolecular Hbond substituents is 1. The van der Waals surface area contributed by atoms with Crippen molar-refractivity contribution < 1.29 is 9.52 Å². The van der Waals surface area contributed by atoms with Gasteiger partial charge in [0.05, 0.1) is 16.8 Å². The van der Waals surface area contributed by atoms with Gasteiger partial charge in [0.15, 0.2) is 5.58 Å². The number of nitrogens with zero attached hydrogens (tertiary/aromatic N) is 4. The number of oxazole rings is 1. The van der Waals surface area contributed by atoms with Crippen LogP contribution in [0.4, 0.5) is 17.1 Å². The summed E-state index contributed by atoms with van der Waals surface area (Å²) in [7, 11) is 0. The van der Waals surface area contributed by atoms with Gasteiger partial charge in [-0.2, -0.15) is 0 Å². The van der Waals surface area contributed by atoms with Crippen molar-refractivity contribution in [2.75, 3.05) is 4.90 Å². The predicted molar refractivity (Wildman–Crippen MR) is 222 cm³/mol. The van der Waals surface area contributed by atoms with Gasteiger partial charge in [-0.15, -0.1) is 0 Å². The van der Waals surface area contributed by atoms with Gasteiger partial charge in [0.25, 0.3) is 0 Å². The average molecular weight is 709 g/mol. The first-order chi connectivity index (χ1) is 25.8. The van der Waals surface area contributed by atoms with Crippen LogP contribution in [0.3, 0.4) is 0 Å². The van der Waals surface area contributed by atoms with Gasteiger partial charge >= 0.3 is 0 Å². The Labute approximate surface area is 316 Å². The van der Waals surface area contributed by atoms with Gasteiger partial charge in [-0.3, -0.25) is 9.97 Å². The highest BCUT2D eigenvalue weighted by Crippen LogP contribution is 2.44. The lowest BCUT2D eigenvalue weighted by atomic mass is 9.83. The van der Waals surface area contributed by atoms with E-state index in [9.17, 15) is 5.11 Å². The summed E-state index contributed by atoms with van der Waals surface area (Å²) in [5.41, 5.74) is 12.7. The van der Waals surface area contributed by atoms with Gasteiger partial charge in [-0.1, -0.05) is 96.1 Å². The van der Waals surface area contributed by atoms with Gasteiger partial charge < -0.3 is 14.4 Å². The molecule has 268 valence electrons. The third-order valence-corrected chi connectivity index (χ3v) is 10.2. The first kappa shape index (κ1) is 34.8. The van der Waals surface area contributed by atoms with Crippen molar-refractivity contribution in [3.8, 4) is 39.5 Å². The van der Waals surface area contributed by atoms with Crippen molar-refractivity contribution in [3.63, 3.8) is 0 Å². The van der Waals surface area contributed by atoms with Crippen molar-refractivity contribution in [1.82, 2.24) is 15.0 Å². The highest BCUT2D eigenvalue weighted by molar-refractivity contribution is 6.00. The molecule has 1 N–H and O–H groups in total. The smallest absolute Gasteiger partial charge is 0.231 e. The second kappa shape index (κ2) is 13.3. The molecule has 0 aliphatic heterocycles. The maximum atomic E-state index is 11.2. The summed E-state index contributed by atoms with van der Waals surface area (Å²) in [5, 5.41) is 12.2. The Morgan fingerprint density at radius 1 is 0.593 bits per heavy atom. The van der Waals surface area contributed by atoms with Crippen molar-refractivity contribution in [3.05, 3.63) is 151 Å². The molecule has 3 heterocycles. The fourth-order valence-electron chi connectivity index (χ4n) is 7.03. The third kappa shape index (κ3) is 6.49. The van der Waals surface area contributed by atoms with E-state index < -0.39 is 0 Å². The Morgan fingerprint density at radius 2 is 1.24 bits per heavy atom. The van der Waals surface area contributed by atoms with Gasteiger partial charge in [0.1, 0.15) is 11.3 Å². The number of aryl methyl sites for hydroxylation is 1. The van der Waals surface area contributed by atoms with E-state index in [1.54, 1.807) is 6.07 Å². The molecule has 54 heavy (non-hydrogen) atoms. The molecule has 0 atom stereocenters. The number of rotatable bonds is 6. The van der Waals surface area contributed by atoms with E-state index in [1.165, 1.54) is 5.56 Å². The lowest BCUT2D eigenvalue weighted by molar-refractivity contribution is 0.473. The Bertz CT molecular complexity index is 2610. The van der Waals surface area contributed by atoms with E-state index in [2.05, 4.69) is 137 Å². The van der Waals surface area contributed by atoms with Crippen LogP contribution in [0.1, 0.15) is 58.2 Å². The molecule has 0 aliphatic rings. The molecule has 0 unspecified atom stereocenters. The van der Waals surface area contributed by atoms with Crippen LogP contribution in [0.2, 0.25) is 0 Å². The molecule has 0 bridgehead atoms. The number of pyridine rings is 2. The predicted octanol–water partition coefficient (Wildman–Crippen LogP) is 12.9. The summed E-state index contributed by atoms with van der Waals surface area (Å²) < 4.78 is 6.69. The molecule has 0 amide bonds. The molecule has 3 aromatic heterocycles. The number of hydrogen-bond acceptors (Lipinski definition) is 6. The molecule has 5 aromatic carbocycles. The standard InChI is InChI=1S/C48H44N4O2/c1-30-20-21-50-44-40(30)28-49-29-41(44)32-22-31(23-34(24-32)48(5,6)7)38-26-37(52(35-14-10-8-11-15-35)36-16-12-9-13-17-36)27-43-45(38)51-46(54-43)39-25-33(47(2,3)4)18-19-42(39)53/h8-29,53H,1-7H3. The molecular weight excluding hydrogens is 665 g/mol. The van der Waals surface area contributed by atoms with Crippen LogP contribution in [0.25, 0.3) is 55.7 Å². The van der Waals surface area contributed by atoms with E-state index in [0.717, 1.165) is 61.3 Å². The third-order valence-electron chi connectivity index (χ3n) is 10.2. The number of aromatic hydroxyl groups is 1. The van der Waals surface area contributed by atoms with Crippen molar-refractivity contribution >= 4 is 39.1 Å². The van der Waals surface area contributed by atoms with Gasteiger partial charge in [-0.05, 0) is 100 Å². The van der Waals surface area contributed by atoms with Crippen LogP contribution < -0.4 is 4.90 Å². The Morgan fingerprint density at radius 3 is 1.89 bits per heavy atom. The summed E-state index contributed by atoms with van der Waals surface area (Å²) in [5.74, 6) is 0.484. The number of fused-ring (bicyclic) bond motifs is 2. The minimum Gasteiger partial charge on any atom is -0.507 e. The highest BCUT2D eigenvalue weighted by Gasteiger charge is 2.25. The molecule has 6 nitrogen and oxygen atoms in total. The van der Waals surface area contributed by atoms with Crippen molar-refractivity contribution in [1.29, 1.82) is 0 Å². The van der Waals surface area contributed by atoms with E-state index in [1.807, 2.05) is 48.9 Å². The van der Waals surface area contributed by atoms with E-state index in [-0.39, 0.29) is 16.6 Å². The lowest BCUT2D eigenvalue weighted by Crippen LogP contribution is -2.12. The van der Waals surface area contributed by atoms with Gasteiger partial charge in [0.2, 0.25) is 5.89 Å². The Hall–Kier alpha value is -6.27. The maximum absolute atomic E-state index is 11.2. The topological polar surface area (TPSA) is 75.3 Å². The summed E-state index contributed by atoms with van der Waals surface area (Å²) in [6.07, 6.45) is 5.68. The first-order valence-electron chi connectivity index (χ1n) is 18.4. The summed E-state index contributed by atoms with van der Waals surface area (Å²) in [6.45, 7) is 15.3. The van der Waals surface area contributed by atoms with E-state index in [0.29, 0.717) is 22.6 Å². The monoisotopic (exact) mass is 708 g/mol. The maximum Gasteiger partial charge on any atom is 0.231 e. The van der Waals surface area contributed by atoms with Crippen LogP contribution in [-0.4, -0.2) is 20.1 Å². The molecule has 6 heteroatoms. The minimum absolute atomic E-state index is 0.120. The molecule has 0 spiro atoms. The SMILES string of the molecule is Cc1ccnc2c(-c3cc(-c4cc(N(c5ccccc5)c5ccccc5)cc5oc(-c6cc(C(C)(C)C)ccc6O)nc45)cc(C(C)(C)C)c3)cncc12. The summed E-state index contributed by atoms with van der Waals surface area (Å²) in [4.78, 5) is 16.9. The molecule has 0 radical (unpaired) electrons. The van der Waals surface area contributed by atoms with E-state index in [4.69, 9.17) is 14.4 Å². The van der Waals surface area contributed by atoms with Crippen LogP contribution in [0.15, 0.2) is 138 Å². The number of aromatic nitrogens is 3. The average Bonchev–Trinajstić information content (AvgIpc) is 3.59. The number of anilines is 3. The quantitative estimate of drug-likeness (QED) is 0.185. The first-order valence-corrected chi connectivity index (χ1v) is 18.4.